The molecule has 0 bridgehead atoms. The summed E-state index contributed by atoms with van der Waals surface area (Å²) in [7, 11) is 0. The van der Waals surface area contributed by atoms with Gasteiger partial charge in [0.2, 0.25) is 0 Å². The van der Waals surface area contributed by atoms with Crippen LogP contribution in [0.5, 0.6) is 0 Å². The molecule has 13 heavy (non-hydrogen) atoms. The smallest absolute Gasteiger partial charge is 0.303 e. The second-order valence-electron chi connectivity index (χ2n) is 4.27. The first-order valence-electron chi connectivity index (χ1n) is 4.81. The molecule has 2 rings (SSSR count). The van der Waals surface area contributed by atoms with E-state index in [4.69, 9.17) is 0 Å². The number of halogens is 3. The number of fused-ring (bicyclic) bond motifs is 1. The molecule has 4 heteroatoms. The molecule has 1 nitrogen and oxygen atoms in total. The Morgan fingerprint density at radius 3 is 2.38 bits per heavy atom. The molecule has 2 aliphatic rings. The molecule has 1 N–H and O–H groups in total. The molecule has 76 valence electrons. The maximum atomic E-state index is 12.2. The topological polar surface area (TPSA) is 12.0 Å². The van der Waals surface area contributed by atoms with E-state index < -0.39 is 12.2 Å². The molecule has 0 aromatic heterocycles. The third-order valence-electron chi connectivity index (χ3n) is 3.30. The zero-order valence-electron chi connectivity index (χ0n) is 7.56. The lowest BCUT2D eigenvalue weighted by Gasteiger charge is -2.22. The lowest BCUT2D eigenvalue weighted by atomic mass is 10.1. The molecule has 2 unspecified atom stereocenters. The van der Waals surface area contributed by atoms with E-state index in [1.54, 1.807) is 0 Å². The maximum absolute atomic E-state index is 12.2. The normalized spacial score (nSPS) is 40.2. The van der Waals surface area contributed by atoms with Crippen molar-refractivity contribution < 1.29 is 13.2 Å². The number of nitrogens with one attached hydrogen (secondary N) is 1. The molecular formula is C9H14F3N. The Balaban J connectivity index is 1.84. The van der Waals surface area contributed by atoms with Crippen molar-refractivity contribution in [2.75, 3.05) is 0 Å². The average Bonchev–Trinajstić information content (AvgIpc) is 2.68. The van der Waals surface area contributed by atoms with Crippen LogP contribution in [0.1, 0.15) is 26.2 Å². The minimum atomic E-state index is -4.09. The Morgan fingerprint density at radius 1 is 1.31 bits per heavy atom. The third kappa shape index (κ3) is 1.82. The molecule has 0 spiro atoms. The molecule has 0 radical (unpaired) electrons. The van der Waals surface area contributed by atoms with E-state index in [9.17, 15) is 13.2 Å². The summed E-state index contributed by atoms with van der Waals surface area (Å²) in [6, 6.07) is -1.22. The Kier molecular flexibility index (Phi) is 2.06. The van der Waals surface area contributed by atoms with E-state index in [-0.39, 0.29) is 6.04 Å². The van der Waals surface area contributed by atoms with Crippen molar-refractivity contribution in [1.82, 2.24) is 5.32 Å². The fraction of sp³-hybridized carbons (Fsp3) is 1.00. The highest BCUT2D eigenvalue weighted by Crippen LogP contribution is 2.52. The average molecular weight is 193 g/mol. The molecule has 0 saturated heterocycles. The summed E-state index contributed by atoms with van der Waals surface area (Å²) in [4.78, 5) is 0. The van der Waals surface area contributed by atoms with Gasteiger partial charge in [-0.05, 0) is 38.0 Å². The highest BCUT2D eigenvalue weighted by Gasteiger charge is 2.49. The van der Waals surface area contributed by atoms with Gasteiger partial charge in [0.25, 0.3) is 0 Å². The minimum Gasteiger partial charge on any atom is -0.303 e. The van der Waals surface area contributed by atoms with Crippen LogP contribution in [-0.2, 0) is 0 Å². The highest BCUT2D eigenvalue weighted by molar-refractivity contribution is 5.02. The van der Waals surface area contributed by atoms with E-state index in [0.29, 0.717) is 5.92 Å². The van der Waals surface area contributed by atoms with Crippen molar-refractivity contribution >= 4 is 0 Å². The lowest BCUT2D eigenvalue weighted by molar-refractivity contribution is -0.153. The van der Waals surface area contributed by atoms with Crippen LogP contribution in [0.4, 0.5) is 13.2 Å². The number of hydrogen-bond donors (Lipinski definition) is 1. The minimum absolute atomic E-state index is 0.127. The van der Waals surface area contributed by atoms with E-state index in [0.717, 1.165) is 25.2 Å². The summed E-state index contributed by atoms with van der Waals surface area (Å²) < 4.78 is 36.5. The Hall–Kier alpha value is -0.250. The van der Waals surface area contributed by atoms with Gasteiger partial charge in [-0.1, -0.05) is 0 Å². The summed E-state index contributed by atoms with van der Waals surface area (Å²) in [5.74, 6) is 1.28. The largest absolute Gasteiger partial charge is 0.403 e. The summed E-state index contributed by atoms with van der Waals surface area (Å²) in [5, 5.41) is 2.69. The molecule has 0 aromatic carbocycles. The molecule has 0 aromatic rings. The third-order valence-corrected chi connectivity index (χ3v) is 3.30. The predicted molar refractivity (Wildman–Crippen MR) is 43.3 cm³/mol. The van der Waals surface area contributed by atoms with Crippen LogP contribution in [-0.4, -0.2) is 18.3 Å². The summed E-state index contributed by atoms with van der Waals surface area (Å²) in [6.45, 7) is 1.20. The second-order valence-corrected chi connectivity index (χ2v) is 4.27. The molecule has 4 atom stereocenters. The molecule has 2 fully saturated rings. The summed E-state index contributed by atoms with van der Waals surface area (Å²) in [5.41, 5.74) is 0. The van der Waals surface area contributed by atoms with E-state index in [1.165, 1.54) is 6.92 Å². The van der Waals surface area contributed by atoms with Gasteiger partial charge in [0.15, 0.2) is 0 Å². The molecular weight excluding hydrogens is 179 g/mol. The van der Waals surface area contributed by atoms with Gasteiger partial charge in [-0.2, -0.15) is 13.2 Å². The van der Waals surface area contributed by atoms with Crippen LogP contribution in [0.25, 0.3) is 0 Å². The zero-order chi connectivity index (χ0) is 9.64. The van der Waals surface area contributed by atoms with Crippen molar-refractivity contribution in [2.24, 2.45) is 11.8 Å². The van der Waals surface area contributed by atoms with Crippen molar-refractivity contribution in [1.29, 1.82) is 0 Å². The van der Waals surface area contributed by atoms with Crippen LogP contribution in [0, 0.1) is 11.8 Å². The van der Waals surface area contributed by atoms with Gasteiger partial charge in [-0.15, -0.1) is 0 Å². The van der Waals surface area contributed by atoms with Gasteiger partial charge in [0.05, 0.1) is 0 Å². The second kappa shape index (κ2) is 2.87. The fourth-order valence-electron chi connectivity index (χ4n) is 2.33. The van der Waals surface area contributed by atoms with Gasteiger partial charge in [0, 0.05) is 6.04 Å². The monoisotopic (exact) mass is 193 g/mol. The van der Waals surface area contributed by atoms with E-state index in [1.807, 2.05) is 0 Å². The van der Waals surface area contributed by atoms with E-state index >= 15 is 0 Å². The quantitative estimate of drug-likeness (QED) is 0.709. The molecule has 0 amide bonds. The van der Waals surface area contributed by atoms with Crippen molar-refractivity contribution in [3.05, 3.63) is 0 Å². The number of hydrogen-bond acceptors (Lipinski definition) is 1. The van der Waals surface area contributed by atoms with Crippen LogP contribution in [0.3, 0.4) is 0 Å². The van der Waals surface area contributed by atoms with Crippen molar-refractivity contribution in [3.63, 3.8) is 0 Å². The highest BCUT2D eigenvalue weighted by atomic mass is 19.4. The molecule has 2 saturated carbocycles. The molecule has 0 aliphatic heterocycles. The van der Waals surface area contributed by atoms with Gasteiger partial charge in [-0.3, -0.25) is 0 Å². The van der Waals surface area contributed by atoms with Gasteiger partial charge in [-0.25, -0.2) is 0 Å². The van der Waals surface area contributed by atoms with Crippen molar-refractivity contribution in [3.8, 4) is 0 Å². The van der Waals surface area contributed by atoms with Crippen LogP contribution in [0.15, 0.2) is 0 Å². The zero-order valence-corrected chi connectivity index (χ0v) is 7.56. The van der Waals surface area contributed by atoms with Crippen molar-refractivity contribution in [2.45, 2.75) is 44.4 Å². The Labute approximate surface area is 75.7 Å². The van der Waals surface area contributed by atoms with Crippen LogP contribution >= 0.6 is 0 Å². The molecule has 2 aliphatic carbocycles. The SMILES string of the molecule is CC(NC1CC[C@@H]2C[C@H]12)C(F)(F)F. The van der Waals surface area contributed by atoms with Crippen LogP contribution < -0.4 is 5.32 Å². The van der Waals surface area contributed by atoms with Gasteiger partial charge in [0.1, 0.15) is 6.04 Å². The Morgan fingerprint density at radius 2 is 2.00 bits per heavy atom. The first-order chi connectivity index (χ1) is 5.98. The number of rotatable bonds is 2. The fourth-order valence-corrected chi connectivity index (χ4v) is 2.33. The number of alkyl halides is 3. The molecule has 0 heterocycles. The standard InChI is InChI=1S/C9H14F3N/c1-5(9(10,11)12)13-8-3-2-6-4-7(6)8/h5-8,13H,2-4H2,1H3/t5?,6-,7+,8?/m1/s1. The van der Waals surface area contributed by atoms with E-state index in [2.05, 4.69) is 5.32 Å². The maximum Gasteiger partial charge on any atom is 0.403 e. The first-order valence-corrected chi connectivity index (χ1v) is 4.81. The van der Waals surface area contributed by atoms with Gasteiger partial charge >= 0.3 is 6.18 Å². The predicted octanol–water partition coefficient (Wildman–Crippen LogP) is 2.33. The summed E-state index contributed by atoms with van der Waals surface area (Å²) >= 11 is 0. The summed E-state index contributed by atoms with van der Waals surface area (Å²) in [6.07, 6.45) is -0.905. The Bertz CT molecular complexity index is 202. The van der Waals surface area contributed by atoms with Crippen LogP contribution in [0.2, 0.25) is 0 Å². The van der Waals surface area contributed by atoms with Gasteiger partial charge < -0.3 is 5.32 Å². The first kappa shape index (κ1) is 9.31. The lowest BCUT2D eigenvalue weighted by Crippen LogP contribution is -2.45.